The average Bonchev–Trinajstić information content (AvgIpc) is 3.11. The van der Waals surface area contributed by atoms with Crippen LogP contribution in [0.15, 0.2) is 76.7 Å². The van der Waals surface area contributed by atoms with Crippen LogP contribution in [-0.2, 0) is 11.3 Å². The van der Waals surface area contributed by atoms with Crippen molar-refractivity contribution in [2.24, 2.45) is 0 Å². The standard InChI is InChI=1S/C23H21N3O2S2/c1-16-20(17-8-4-2-5-9-17)21-22(30-16)25-15-26(23(21)28)14-19(27)24-12-13-29-18-10-6-3-7-11-18/h2-11,15H,12-14H2,1H3,(H,24,27). The minimum Gasteiger partial charge on any atom is -0.354 e. The second-order valence-corrected chi connectivity index (χ2v) is 9.14. The number of thiophene rings is 1. The summed E-state index contributed by atoms with van der Waals surface area (Å²) in [6.07, 6.45) is 1.47. The second-order valence-electron chi connectivity index (χ2n) is 6.77. The molecular weight excluding hydrogens is 414 g/mol. The van der Waals surface area contributed by atoms with E-state index >= 15 is 0 Å². The molecule has 2 heterocycles. The lowest BCUT2D eigenvalue weighted by molar-refractivity contribution is -0.121. The van der Waals surface area contributed by atoms with Gasteiger partial charge in [0, 0.05) is 27.6 Å². The zero-order valence-corrected chi connectivity index (χ0v) is 18.1. The van der Waals surface area contributed by atoms with Gasteiger partial charge in [0.25, 0.3) is 5.56 Å². The minimum atomic E-state index is -0.194. The molecule has 4 aromatic rings. The van der Waals surface area contributed by atoms with Crippen molar-refractivity contribution in [3.8, 4) is 11.1 Å². The molecule has 0 radical (unpaired) electrons. The zero-order valence-electron chi connectivity index (χ0n) is 16.5. The normalized spacial score (nSPS) is 11.0. The number of nitrogens with one attached hydrogen (secondary N) is 1. The van der Waals surface area contributed by atoms with E-state index in [4.69, 9.17) is 0 Å². The summed E-state index contributed by atoms with van der Waals surface area (Å²) in [7, 11) is 0. The lowest BCUT2D eigenvalue weighted by Gasteiger charge is -2.08. The first kappa shape index (κ1) is 20.4. The molecule has 0 spiro atoms. The van der Waals surface area contributed by atoms with Crippen LogP contribution < -0.4 is 10.9 Å². The van der Waals surface area contributed by atoms with E-state index in [-0.39, 0.29) is 18.0 Å². The van der Waals surface area contributed by atoms with Crippen LogP contribution in [0.5, 0.6) is 0 Å². The number of fused-ring (bicyclic) bond motifs is 1. The Morgan fingerprint density at radius 3 is 2.53 bits per heavy atom. The van der Waals surface area contributed by atoms with Crippen LogP contribution in [0.3, 0.4) is 0 Å². The quantitative estimate of drug-likeness (QED) is 0.346. The fourth-order valence-electron chi connectivity index (χ4n) is 3.29. The fraction of sp³-hybridized carbons (Fsp3) is 0.174. The zero-order chi connectivity index (χ0) is 20.9. The predicted octanol–water partition coefficient (Wildman–Crippen LogP) is 4.34. The molecule has 0 aliphatic rings. The van der Waals surface area contributed by atoms with Gasteiger partial charge in [0.2, 0.25) is 5.91 Å². The number of hydrogen-bond acceptors (Lipinski definition) is 5. The van der Waals surface area contributed by atoms with Crippen LogP contribution in [0.1, 0.15) is 4.88 Å². The monoisotopic (exact) mass is 435 g/mol. The number of aromatic nitrogens is 2. The molecule has 0 fully saturated rings. The van der Waals surface area contributed by atoms with Gasteiger partial charge in [-0.05, 0) is 24.6 Å². The highest BCUT2D eigenvalue weighted by Gasteiger charge is 2.17. The number of thioether (sulfide) groups is 1. The number of carbonyl (C=O) groups is 1. The second kappa shape index (κ2) is 9.28. The summed E-state index contributed by atoms with van der Waals surface area (Å²) in [4.78, 5) is 32.8. The molecule has 1 amide bonds. The third-order valence-electron chi connectivity index (χ3n) is 4.67. The van der Waals surface area contributed by atoms with Gasteiger partial charge in [-0.25, -0.2) is 4.98 Å². The van der Waals surface area contributed by atoms with E-state index in [1.54, 1.807) is 11.8 Å². The Bertz CT molecular complexity index is 1220. The van der Waals surface area contributed by atoms with E-state index in [1.807, 2.05) is 67.6 Å². The molecule has 152 valence electrons. The molecule has 5 nitrogen and oxygen atoms in total. The number of benzene rings is 2. The summed E-state index contributed by atoms with van der Waals surface area (Å²) in [5.74, 6) is 0.573. The number of aryl methyl sites for hydroxylation is 1. The van der Waals surface area contributed by atoms with Crippen molar-refractivity contribution in [1.29, 1.82) is 0 Å². The van der Waals surface area contributed by atoms with E-state index in [2.05, 4.69) is 10.3 Å². The predicted molar refractivity (Wildman–Crippen MR) is 124 cm³/mol. The van der Waals surface area contributed by atoms with Crippen LogP contribution in [-0.4, -0.2) is 27.8 Å². The number of carbonyl (C=O) groups excluding carboxylic acids is 1. The van der Waals surface area contributed by atoms with Crippen LogP contribution in [0.2, 0.25) is 0 Å². The Balaban J connectivity index is 1.47. The highest BCUT2D eigenvalue weighted by atomic mass is 32.2. The van der Waals surface area contributed by atoms with Crippen molar-refractivity contribution in [2.45, 2.75) is 18.4 Å². The van der Waals surface area contributed by atoms with E-state index in [0.29, 0.717) is 16.8 Å². The first-order valence-electron chi connectivity index (χ1n) is 9.62. The average molecular weight is 436 g/mol. The van der Waals surface area contributed by atoms with Gasteiger partial charge in [-0.15, -0.1) is 23.1 Å². The van der Waals surface area contributed by atoms with E-state index in [9.17, 15) is 9.59 Å². The molecule has 0 saturated carbocycles. The van der Waals surface area contributed by atoms with Crippen LogP contribution in [0.4, 0.5) is 0 Å². The molecule has 0 aliphatic heterocycles. The molecule has 2 aromatic carbocycles. The third-order valence-corrected chi connectivity index (χ3v) is 6.69. The molecular formula is C23H21N3O2S2. The topological polar surface area (TPSA) is 64.0 Å². The van der Waals surface area contributed by atoms with Gasteiger partial charge in [0.05, 0.1) is 11.7 Å². The first-order valence-corrected chi connectivity index (χ1v) is 11.4. The van der Waals surface area contributed by atoms with Crippen molar-refractivity contribution >= 4 is 39.2 Å². The van der Waals surface area contributed by atoms with Crippen molar-refractivity contribution < 1.29 is 4.79 Å². The summed E-state index contributed by atoms with van der Waals surface area (Å²) in [6, 6.07) is 19.9. The van der Waals surface area contributed by atoms with E-state index in [1.165, 1.54) is 27.1 Å². The van der Waals surface area contributed by atoms with Gasteiger partial charge in [0.15, 0.2) is 0 Å². The maximum atomic E-state index is 13.1. The lowest BCUT2D eigenvalue weighted by Crippen LogP contribution is -2.33. The van der Waals surface area contributed by atoms with Crippen LogP contribution in [0.25, 0.3) is 21.3 Å². The summed E-state index contributed by atoms with van der Waals surface area (Å²) >= 11 is 3.18. The van der Waals surface area contributed by atoms with Crippen molar-refractivity contribution in [3.63, 3.8) is 0 Å². The maximum absolute atomic E-state index is 13.1. The van der Waals surface area contributed by atoms with Gasteiger partial charge < -0.3 is 5.32 Å². The van der Waals surface area contributed by atoms with Crippen LogP contribution >= 0.6 is 23.1 Å². The van der Waals surface area contributed by atoms with E-state index < -0.39 is 0 Å². The van der Waals surface area contributed by atoms with Gasteiger partial charge in [-0.1, -0.05) is 48.5 Å². The molecule has 0 unspecified atom stereocenters. The van der Waals surface area contributed by atoms with Gasteiger partial charge in [-0.3, -0.25) is 14.2 Å². The Morgan fingerprint density at radius 2 is 1.80 bits per heavy atom. The van der Waals surface area contributed by atoms with Gasteiger partial charge >= 0.3 is 0 Å². The smallest absolute Gasteiger partial charge is 0.263 e. The Hall–Kier alpha value is -2.90. The molecule has 7 heteroatoms. The number of amides is 1. The Morgan fingerprint density at radius 1 is 1.10 bits per heavy atom. The van der Waals surface area contributed by atoms with Crippen molar-refractivity contribution in [3.05, 3.63) is 82.2 Å². The van der Waals surface area contributed by atoms with Gasteiger partial charge in [-0.2, -0.15) is 0 Å². The molecule has 4 rings (SSSR count). The number of nitrogens with zero attached hydrogens (tertiary/aromatic N) is 2. The number of hydrogen-bond donors (Lipinski definition) is 1. The fourth-order valence-corrected chi connectivity index (χ4v) is 5.08. The molecule has 0 saturated heterocycles. The minimum absolute atomic E-state index is 0.0408. The highest BCUT2D eigenvalue weighted by molar-refractivity contribution is 7.99. The maximum Gasteiger partial charge on any atom is 0.263 e. The Labute approximate surface area is 182 Å². The number of rotatable bonds is 7. The molecule has 0 bridgehead atoms. The Kier molecular flexibility index (Phi) is 6.30. The van der Waals surface area contributed by atoms with Gasteiger partial charge in [0.1, 0.15) is 11.4 Å². The summed E-state index contributed by atoms with van der Waals surface area (Å²) in [6.45, 7) is 2.49. The molecule has 30 heavy (non-hydrogen) atoms. The largest absolute Gasteiger partial charge is 0.354 e. The van der Waals surface area contributed by atoms with Crippen molar-refractivity contribution in [2.75, 3.05) is 12.3 Å². The lowest BCUT2D eigenvalue weighted by atomic mass is 10.0. The highest BCUT2D eigenvalue weighted by Crippen LogP contribution is 2.35. The summed E-state index contributed by atoms with van der Waals surface area (Å²) in [5, 5.41) is 3.47. The SMILES string of the molecule is Cc1sc2ncn(CC(=O)NCCSc3ccccc3)c(=O)c2c1-c1ccccc1. The molecule has 2 aromatic heterocycles. The summed E-state index contributed by atoms with van der Waals surface area (Å²) in [5.41, 5.74) is 1.71. The van der Waals surface area contributed by atoms with E-state index in [0.717, 1.165) is 21.8 Å². The van der Waals surface area contributed by atoms with Crippen LogP contribution in [0, 0.1) is 6.92 Å². The molecule has 0 aliphatic carbocycles. The first-order chi connectivity index (χ1) is 14.6. The van der Waals surface area contributed by atoms with Crippen molar-refractivity contribution in [1.82, 2.24) is 14.9 Å². The molecule has 0 atom stereocenters. The third kappa shape index (κ3) is 4.47. The summed E-state index contributed by atoms with van der Waals surface area (Å²) < 4.78 is 1.39. The molecule has 1 N–H and O–H groups in total.